The number of ether oxygens (including phenoxy) is 1. The van der Waals surface area contributed by atoms with Crippen LogP contribution >= 0.6 is 0 Å². The Hall–Kier alpha value is -0.570. The molecule has 3 nitrogen and oxygen atoms in total. The summed E-state index contributed by atoms with van der Waals surface area (Å²) in [6.07, 6.45) is 22.7. The first-order valence-electron chi connectivity index (χ1n) is 12.7. The minimum Gasteiger partial charge on any atom is -0.456 e. The summed E-state index contributed by atoms with van der Waals surface area (Å²) in [5, 5.41) is 0. The number of esters is 1. The standard InChI is InChI=1S/C25H48NO2/c1-3-4-5-6-7-8-9-10-11-12-13-14-15-16-19-26-20-17-24(18-21-26)25(22-26)28-23(2)27/h24-25H,3-22H2,1-2H3/q+1/t24?,25-,26?/m1/s1. The van der Waals surface area contributed by atoms with E-state index in [1.165, 1.54) is 127 Å². The Morgan fingerprint density at radius 1 is 0.786 bits per heavy atom. The maximum atomic E-state index is 11.4. The van der Waals surface area contributed by atoms with Crippen LogP contribution in [-0.4, -0.2) is 42.7 Å². The number of hydrogen-bond acceptors (Lipinski definition) is 2. The molecule has 3 fully saturated rings. The molecule has 0 aromatic rings. The Morgan fingerprint density at radius 3 is 1.71 bits per heavy atom. The molecule has 28 heavy (non-hydrogen) atoms. The number of hydrogen-bond donors (Lipinski definition) is 0. The highest BCUT2D eigenvalue weighted by molar-refractivity contribution is 5.66. The van der Waals surface area contributed by atoms with Gasteiger partial charge in [0.15, 0.2) is 6.10 Å². The van der Waals surface area contributed by atoms with Crippen LogP contribution in [-0.2, 0) is 9.53 Å². The lowest BCUT2D eigenvalue weighted by atomic mass is 9.83. The van der Waals surface area contributed by atoms with Crippen LogP contribution in [0, 0.1) is 5.92 Å². The first-order valence-corrected chi connectivity index (χ1v) is 12.7. The van der Waals surface area contributed by atoms with Crippen molar-refractivity contribution in [3.8, 4) is 0 Å². The van der Waals surface area contributed by atoms with Gasteiger partial charge in [0.2, 0.25) is 0 Å². The zero-order chi connectivity index (χ0) is 20.1. The van der Waals surface area contributed by atoms with Crippen molar-refractivity contribution in [1.82, 2.24) is 0 Å². The third kappa shape index (κ3) is 8.84. The van der Waals surface area contributed by atoms with Crippen LogP contribution in [0.5, 0.6) is 0 Å². The van der Waals surface area contributed by atoms with Gasteiger partial charge in [0.25, 0.3) is 0 Å². The summed E-state index contributed by atoms with van der Waals surface area (Å²) in [4.78, 5) is 11.4. The lowest BCUT2D eigenvalue weighted by Crippen LogP contribution is -2.64. The molecule has 3 saturated heterocycles. The van der Waals surface area contributed by atoms with Crippen molar-refractivity contribution in [1.29, 1.82) is 0 Å². The zero-order valence-corrected chi connectivity index (χ0v) is 19.1. The monoisotopic (exact) mass is 394 g/mol. The molecule has 0 saturated carbocycles. The maximum Gasteiger partial charge on any atom is 0.303 e. The smallest absolute Gasteiger partial charge is 0.303 e. The number of unbranched alkanes of at least 4 members (excludes halogenated alkanes) is 13. The summed E-state index contributed by atoms with van der Waals surface area (Å²) >= 11 is 0. The molecule has 2 bridgehead atoms. The third-order valence-electron chi connectivity index (χ3n) is 7.34. The van der Waals surface area contributed by atoms with Crippen LogP contribution in [0.2, 0.25) is 0 Å². The topological polar surface area (TPSA) is 26.3 Å². The molecule has 3 heterocycles. The molecule has 3 aliphatic heterocycles. The fourth-order valence-corrected chi connectivity index (χ4v) is 5.52. The first-order chi connectivity index (χ1) is 13.7. The molecule has 1 atom stereocenters. The quantitative estimate of drug-likeness (QED) is 0.167. The number of quaternary nitrogens is 1. The summed E-state index contributed by atoms with van der Waals surface area (Å²) in [5.41, 5.74) is 0. The van der Waals surface area contributed by atoms with Gasteiger partial charge in [0.05, 0.1) is 19.6 Å². The van der Waals surface area contributed by atoms with Gasteiger partial charge in [0.1, 0.15) is 6.54 Å². The molecule has 3 aliphatic rings. The van der Waals surface area contributed by atoms with Gasteiger partial charge in [-0.25, -0.2) is 0 Å². The SMILES string of the molecule is CCCCCCCCCCCCCCCC[N+]12CCC(CC1)[C@H](OC(C)=O)C2. The number of carbonyl (C=O) groups is 1. The Bertz CT molecular complexity index is 415. The second kappa shape index (κ2) is 13.6. The number of nitrogens with zero attached hydrogens (tertiary/aromatic N) is 1. The normalized spacial score (nSPS) is 26.5. The Kier molecular flexibility index (Phi) is 11.5. The fourth-order valence-electron chi connectivity index (χ4n) is 5.52. The van der Waals surface area contributed by atoms with Gasteiger partial charge < -0.3 is 9.22 Å². The molecule has 0 aromatic heterocycles. The summed E-state index contributed by atoms with van der Waals surface area (Å²) in [5.74, 6) is 0.550. The van der Waals surface area contributed by atoms with Gasteiger partial charge in [-0.05, 0) is 12.8 Å². The Labute approximate surface area is 175 Å². The average molecular weight is 395 g/mol. The van der Waals surface area contributed by atoms with Gasteiger partial charge in [-0.15, -0.1) is 0 Å². The van der Waals surface area contributed by atoms with Crippen molar-refractivity contribution < 1.29 is 14.0 Å². The van der Waals surface area contributed by atoms with Crippen molar-refractivity contribution in [2.24, 2.45) is 5.92 Å². The van der Waals surface area contributed by atoms with E-state index in [1.807, 2.05) is 0 Å². The van der Waals surface area contributed by atoms with E-state index < -0.39 is 0 Å². The lowest BCUT2D eigenvalue weighted by Gasteiger charge is -2.52. The van der Waals surface area contributed by atoms with Gasteiger partial charge in [0, 0.05) is 25.7 Å². The van der Waals surface area contributed by atoms with Crippen LogP contribution in [0.3, 0.4) is 0 Å². The van der Waals surface area contributed by atoms with Crippen LogP contribution in [0.15, 0.2) is 0 Å². The number of fused-ring (bicyclic) bond motifs is 3. The molecular formula is C25H48NO2+. The van der Waals surface area contributed by atoms with Crippen molar-refractivity contribution in [2.45, 2.75) is 123 Å². The molecule has 3 heteroatoms. The van der Waals surface area contributed by atoms with E-state index in [2.05, 4.69) is 6.92 Å². The van der Waals surface area contributed by atoms with Gasteiger partial charge >= 0.3 is 5.97 Å². The van der Waals surface area contributed by atoms with Gasteiger partial charge in [-0.1, -0.05) is 84.0 Å². The van der Waals surface area contributed by atoms with Crippen LogP contribution in [0.1, 0.15) is 117 Å². The molecule has 3 rings (SSSR count). The van der Waals surface area contributed by atoms with Crippen LogP contribution in [0.4, 0.5) is 0 Å². The molecule has 0 aliphatic carbocycles. The molecule has 0 spiro atoms. The van der Waals surface area contributed by atoms with Crippen molar-refractivity contribution in [3.63, 3.8) is 0 Å². The largest absolute Gasteiger partial charge is 0.456 e. The van der Waals surface area contributed by atoms with E-state index in [0.29, 0.717) is 5.92 Å². The van der Waals surface area contributed by atoms with E-state index in [1.54, 1.807) is 6.92 Å². The minimum atomic E-state index is -0.0895. The van der Waals surface area contributed by atoms with Crippen LogP contribution < -0.4 is 0 Å². The maximum absolute atomic E-state index is 11.4. The molecule has 0 amide bonds. The highest BCUT2D eigenvalue weighted by Gasteiger charge is 2.46. The van der Waals surface area contributed by atoms with Crippen molar-refractivity contribution in [3.05, 3.63) is 0 Å². The number of carbonyl (C=O) groups excluding carboxylic acids is 1. The predicted molar refractivity (Wildman–Crippen MR) is 118 cm³/mol. The summed E-state index contributed by atoms with van der Waals surface area (Å²) in [6, 6.07) is 0. The fraction of sp³-hybridized carbons (Fsp3) is 0.960. The molecule has 0 unspecified atom stereocenters. The van der Waals surface area contributed by atoms with Gasteiger partial charge in [-0.3, -0.25) is 4.79 Å². The van der Waals surface area contributed by atoms with E-state index in [4.69, 9.17) is 4.74 Å². The average Bonchev–Trinajstić information content (AvgIpc) is 2.68. The predicted octanol–water partition coefficient (Wildman–Crippen LogP) is 6.64. The highest BCUT2D eigenvalue weighted by atomic mass is 16.5. The number of piperidine rings is 3. The Balaban J connectivity index is 1.42. The summed E-state index contributed by atoms with van der Waals surface area (Å²) in [7, 11) is 0. The third-order valence-corrected chi connectivity index (χ3v) is 7.34. The zero-order valence-electron chi connectivity index (χ0n) is 19.1. The minimum absolute atomic E-state index is 0.0895. The highest BCUT2D eigenvalue weighted by Crippen LogP contribution is 2.36. The molecule has 0 N–H and O–H groups in total. The van der Waals surface area contributed by atoms with E-state index >= 15 is 0 Å². The van der Waals surface area contributed by atoms with Crippen molar-refractivity contribution >= 4 is 5.97 Å². The van der Waals surface area contributed by atoms with Gasteiger partial charge in [-0.2, -0.15) is 0 Å². The van der Waals surface area contributed by atoms with Crippen LogP contribution in [0.25, 0.3) is 0 Å². The number of rotatable bonds is 16. The molecule has 164 valence electrons. The second-order valence-corrected chi connectivity index (χ2v) is 9.78. The van der Waals surface area contributed by atoms with E-state index in [9.17, 15) is 4.79 Å². The molecule has 0 radical (unpaired) electrons. The van der Waals surface area contributed by atoms with Crippen molar-refractivity contribution in [2.75, 3.05) is 26.2 Å². The molecule has 0 aromatic carbocycles. The second-order valence-electron chi connectivity index (χ2n) is 9.78. The lowest BCUT2D eigenvalue weighted by molar-refractivity contribution is -0.946. The Morgan fingerprint density at radius 2 is 1.25 bits per heavy atom. The summed E-state index contributed by atoms with van der Waals surface area (Å²) < 4.78 is 6.85. The summed E-state index contributed by atoms with van der Waals surface area (Å²) in [6.45, 7) is 8.89. The molecular weight excluding hydrogens is 346 g/mol. The van der Waals surface area contributed by atoms with E-state index in [-0.39, 0.29) is 12.1 Å². The van der Waals surface area contributed by atoms with E-state index in [0.717, 1.165) is 6.54 Å². The first kappa shape index (κ1) is 23.7.